The molecule has 2 atom stereocenters. The van der Waals surface area contributed by atoms with Gasteiger partial charge in [-0.3, -0.25) is 0 Å². The lowest BCUT2D eigenvalue weighted by Crippen LogP contribution is -2.18. The topological polar surface area (TPSA) is 17.8 Å². The van der Waals surface area contributed by atoms with Crippen molar-refractivity contribution in [2.24, 2.45) is 5.92 Å². The fourth-order valence-electron chi connectivity index (χ4n) is 4.65. The Morgan fingerprint density at radius 3 is 2.21 bits per heavy atom. The van der Waals surface area contributed by atoms with E-state index in [1.54, 1.807) is 0 Å². The largest absolute Gasteiger partial charge is 0.324 e. The number of benzene rings is 2. The van der Waals surface area contributed by atoms with E-state index >= 15 is 0 Å². The number of imidazole rings is 1. The minimum atomic E-state index is 0.647. The van der Waals surface area contributed by atoms with Gasteiger partial charge in [0.2, 0.25) is 0 Å². The fraction of sp³-hybridized carbons (Fsp3) is 0.318. The monoisotopic (exact) mass is 314 g/mol. The first kappa shape index (κ1) is 14.0. The summed E-state index contributed by atoms with van der Waals surface area (Å²) in [6, 6.07) is 22.1. The molecule has 2 nitrogen and oxygen atoms in total. The summed E-state index contributed by atoms with van der Waals surface area (Å²) in [4.78, 5) is 5.12. The maximum Gasteiger partial charge on any atom is 0.110 e. The quantitative estimate of drug-likeness (QED) is 0.610. The molecule has 1 fully saturated rings. The summed E-state index contributed by atoms with van der Waals surface area (Å²) in [6.45, 7) is 0. The molecule has 0 unspecified atom stereocenters. The van der Waals surface area contributed by atoms with Crippen LogP contribution in [-0.4, -0.2) is 9.55 Å². The highest BCUT2D eigenvalue weighted by Gasteiger charge is 2.38. The maximum atomic E-state index is 5.12. The van der Waals surface area contributed by atoms with Gasteiger partial charge in [-0.15, -0.1) is 0 Å². The van der Waals surface area contributed by atoms with Crippen LogP contribution in [0.25, 0.3) is 22.5 Å². The van der Waals surface area contributed by atoms with Gasteiger partial charge in [-0.2, -0.15) is 0 Å². The van der Waals surface area contributed by atoms with Crippen LogP contribution < -0.4 is 0 Å². The highest BCUT2D eigenvalue weighted by Crippen LogP contribution is 2.47. The Labute approximate surface area is 143 Å². The first-order valence-electron chi connectivity index (χ1n) is 9.14. The Hall–Kier alpha value is -2.35. The Morgan fingerprint density at radius 1 is 0.792 bits per heavy atom. The minimum Gasteiger partial charge on any atom is -0.324 e. The molecule has 1 aliphatic carbocycles. The zero-order valence-corrected chi connectivity index (χ0v) is 13.9. The van der Waals surface area contributed by atoms with Crippen molar-refractivity contribution in [3.63, 3.8) is 0 Å². The van der Waals surface area contributed by atoms with Gasteiger partial charge in [-0.05, 0) is 18.8 Å². The Morgan fingerprint density at radius 2 is 1.46 bits per heavy atom. The normalized spacial score (nSPS) is 22.2. The summed E-state index contributed by atoms with van der Waals surface area (Å²) in [5.74, 6) is 2.10. The van der Waals surface area contributed by atoms with Crippen LogP contribution in [-0.2, 0) is 6.42 Å². The van der Waals surface area contributed by atoms with Crippen molar-refractivity contribution in [2.45, 2.75) is 38.1 Å². The van der Waals surface area contributed by atoms with Crippen molar-refractivity contribution >= 4 is 0 Å². The highest BCUT2D eigenvalue weighted by atomic mass is 15.2. The SMILES string of the molecule is c1ccc(-c2nc3n(c2-c2ccccc2)[C@H]2CCCC[C@H]2C3)cc1. The van der Waals surface area contributed by atoms with Crippen LogP contribution in [0.15, 0.2) is 60.7 Å². The van der Waals surface area contributed by atoms with Gasteiger partial charge in [0, 0.05) is 23.6 Å². The van der Waals surface area contributed by atoms with Crippen LogP contribution in [0, 0.1) is 5.92 Å². The van der Waals surface area contributed by atoms with E-state index in [1.807, 2.05) is 0 Å². The molecule has 3 aromatic rings. The standard InChI is InChI=1S/C22H22N2/c1-3-9-16(10-4-1)21-22(17-11-5-2-6-12-17)24-19-14-8-7-13-18(19)15-20(24)23-21/h1-6,9-12,18-19H,7-8,13-15H2/t18-,19-/m0/s1. The molecule has 2 heterocycles. The molecule has 1 saturated carbocycles. The first-order valence-corrected chi connectivity index (χ1v) is 9.14. The van der Waals surface area contributed by atoms with Gasteiger partial charge in [-0.25, -0.2) is 4.98 Å². The van der Waals surface area contributed by atoms with Gasteiger partial charge < -0.3 is 4.57 Å². The molecule has 0 N–H and O–H groups in total. The molecule has 120 valence electrons. The lowest BCUT2D eigenvalue weighted by atomic mass is 9.84. The van der Waals surface area contributed by atoms with Crippen molar-refractivity contribution in [2.75, 3.05) is 0 Å². The second kappa shape index (κ2) is 5.62. The lowest BCUT2D eigenvalue weighted by Gasteiger charge is -2.27. The van der Waals surface area contributed by atoms with Gasteiger partial charge in [-0.1, -0.05) is 73.5 Å². The molecule has 0 spiro atoms. The van der Waals surface area contributed by atoms with Crippen molar-refractivity contribution in [3.05, 3.63) is 66.5 Å². The van der Waals surface area contributed by atoms with Crippen molar-refractivity contribution in [1.29, 1.82) is 0 Å². The highest BCUT2D eigenvalue weighted by molar-refractivity contribution is 5.79. The minimum absolute atomic E-state index is 0.647. The molecule has 0 radical (unpaired) electrons. The second-order valence-electron chi connectivity index (χ2n) is 7.14. The molecule has 5 rings (SSSR count). The van der Waals surface area contributed by atoms with E-state index in [4.69, 9.17) is 4.98 Å². The van der Waals surface area contributed by atoms with Crippen LogP contribution in [0.4, 0.5) is 0 Å². The molecule has 1 aromatic heterocycles. The molecule has 2 aliphatic rings. The van der Waals surface area contributed by atoms with Gasteiger partial charge in [0.05, 0.1) is 11.4 Å². The van der Waals surface area contributed by atoms with E-state index in [9.17, 15) is 0 Å². The van der Waals surface area contributed by atoms with E-state index in [-0.39, 0.29) is 0 Å². The average molecular weight is 314 g/mol. The van der Waals surface area contributed by atoms with Crippen molar-refractivity contribution in [1.82, 2.24) is 9.55 Å². The van der Waals surface area contributed by atoms with Crippen LogP contribution >= 0.6 is 0 Å². The predicted molar refractivity (Wildman–Crippen MR) is 97.8 cm³/mol. The van der Waals surface area contributed by atoms with Crippen LogP contribution in [0.2, 0.25) is 0 Å². The van der Waals surface area contributed by atoms with Gasteiger partial charge in [0.15, 0.2) is 0 Å². The zero-order valence-electron chi connectivity index (χ0n) is 13.9. The van der Waals surface area contributed by atoms with Crippen molar-refractivity contribution in [3.8, 4) is 22.5 Å². The third-order valence-electron chi connectivity index (χ3n) is 5.72. The second-order valence-corrected chi connectivity index (χ2v) is 7.14. The van der Waals surface area contributed by atoms with E-state index in [0.29, 0.717) is 6.04 Å². The zero-order chi connectivity index (χ0) is 15.9. The lowest BCUT2D eigenvalue weighted by molar-refractivity contribution is 0.279. The Bertz CT molecular complexity index is 848. The smallest absolute Gasteiger partial charge is 0.110 e. The first-order chi connectivity index (χ1) is 11.9. The predicted octanol–water partition coefficient (Wildman–Crippen LogP) is 5.50. The van der Waals surface area contributed by atoms with Gasteiger partial charge in [0.1, 0.15) is 5.82 Å². The van der Waals surface area contributed by atoms with E-state index in [1.165, 1.54) is 48.3 Å². The summed E-state index contributed by atoms with van der Waals surface area (Å²) in [7, 11) is 0. The van der Waals surface area contributed by atoms with Crippen LogP contribution in [0.5, 0.6) is 0 Å². The van der Waals surface area contributed by atoms with E-state index in [0.717, 1.165) is 18.0 Å². The van der Waals surface area contributed by atoms with E-state index < -0.39 is 0 Å². The molecule has 24 heavy (non-hydrogen) atoms. The Kier molecular flexibility index (Phi) is 3.29. The number of rotatable bonds is 2. The third kappa shape index (κ3) is 2.13. The molecule has 0 amide bonds. The molecular formula is C22H22N2. The number of hydrogen-bond donors (Lipinski definition) is 0. The molecule has 0 bridgehead atoms. The van der Waals surface area contributed by atoms with E-state index in [2.05, 4.69) is 65.2 Å². The average Bonchev–Trinajstić information content (AvgIpc) is 3.19. The number of aromatic nitrogens is 2. The summed E-state index contributed by atoms with van der Waals surface area (Å²) < 4.78 is 2.58. The Balaban J connectivity index is 1.73. The molecule has 0 saturated heterocycles. The summed E-state index contributed by atoms with van der Waals surface area (Å²) in [6.07, 6.45) is 6.56. The summed E-state index contributed by atoms with van der Waals surface area (Å²) >= 11 is 0. The summed E-state index contributed by atoms with van der Waals surface area (Å²) in [5, 5.41) is 0. The molecular weight excluding hydrogens is 292 g/mol. The molecule has 1 aliphatic heterocycles. The molecule has 2 aromatic carbocycles. The number of fused-ring (bicyclic) bond motifs is 3. The number of nitrogens with zero attached hydrogens (tertiary/aromatic N) is 2. The van der Waals surface area contributed by atoms with Gasteiger partial charge >= 0.3 is 0 Å². The third-order valence-corrected chi connectivity index (χ3v) is 5.72. The van der Waals surface area contributed by atoms with Gasteiger partial charge in [0.25, 0.3) is 0 Å². The van der Waals surface area contributed by atoms with Crippen LogP contribution in [0.3, 0.4) is 0 Å². The fourth-order valence-corrected chi connectivity index (χ4v) is 4.65. The molecule has 2 heteroatoms. The summed E-state index contributed by atoms with van der Waals surface area (Å²) in [5.41, 5.74) is 5.00. The van der Waals surface area contributed by atoms with Crippen molar-refractivity contribution < 1.29 is 0 Å². The number of hydrogen-bond acceptors (Lipinski definition) is 1. The van der Waals surface area contributed by atoms with Crippen LogP contribution in [0.1, 0.15) is 37.5 Å². The maximum absolute atomic E-state index is 5.12.